The van der Waals surface area contributed by atoms with E-state index in [0.717, 1.165) is 11.8 Å². The van der Waals surface area contributed by atoms with Crippen molar-refractivity contribution in [2.75, 3.05) is 0 Å². The van der Waals surface area contributed by atoms with Crippen molar-refractivity contribution < 1.29 is 0 Å². The van der Waals surface area contributed by atoms with Crippen LogP contribution in [0.2, 0.25) is 0 Å². The molecule has 0 spiro atoms. The Balaban J connectivity index is 2.33. The molecule has 14 heavy (non-hydrogen) atoms. The maximum Gasteiger partial charge on any atom is 0.0156 e. The van der Waals surface area contributed by atoms with E-state index in [0.29, 0.717) is 0 Å². The molecule has 0 aromatic heterocycles. The Hall–Kier alpha value is -0.0400. The lowest BCUT2D eigenvalue weighted by atomic mass is 9.75. The lowest BCUT2D eigenvalue weighted by Gasteiger charge is -2.36. The van der Waals surface area contributed by atoms with Crippen LogP contribution in [0.15, 0.2) is 0 Å². The summed E-state index contributed by atoms with van der Waals surface area (Å²) in [6.45, 7) is 6.98. The topological polar surface area (TPSA) is 26.0 Å². The van der Waals surface area contributed by atoms with Crippen molar-refractivity contribution in [2.45, 2.75) is 71.3 Å². The molecule has 0 saturated heterocycles. The number of hydrogen-bond donors (Lipinski definition) is 1. The number of rotatable bonds is 4. The summed E-state index contributed by atoms with van der Waals surface area (Å²) < 4.78 is 0. The maximum absolute atomic E-state index is 6.44. The molecule has 84 valence electrons. The predicted molar refractivity (Wildman–Crippen MR) is 63.2 cm³/mol. The van der Waals surface area contributed by atoms with Crippen molar-refractivity contribution in [3.05, 3.63) is 0 Å². The van der Waals surface area contributed by atoms with E-state index in [2.05, 4.69) is 20.8 Å². The van der Waals surface area contributed by atoms with E-state index in [4.69, 9.17) is 5.73 Å². The van der Waals surface area contributed by atoms with E-state index >= 15 is 0 Å². The van der Waals surface area contributed by atoms with Gasteiger partial charge in [0, 0.05) is 5.54 Å². The second-order valence-electron chi connectivity index (χ2n) is 5.86. The highest BCUT2D eigenvalue weighted by molar-refractivity contribution is 4.88. The van der Waals surface area contributed by atoms with Gasteiger partial charge in [-0.15, -0.1) is 0 Å². The molecular weight excluding hydrogens is 170 g/mol. The SMILES string of the molecule is CC(C)CC(C)CC1(N)CCCCC1. The normalized spacial score (nSPS) is 23.8. The molecule has 0 amide bonds. The largest absolute Gasteiger partial charge is 0.325 e. The van der Waals surface area contributed by atoms with Crippen molar-refractivity contribution >= 4 is 0 Å². The Morgan fingerprint density at radius 3 is 2.14 bits per heavy atom. The van der Waals surface area contributed by atoms with Crippen molar-refractivity contribution in [3.8, 4) is 0 Å². The van der Waals surface area contributed by atoms with Crippen LogP contribution < -0.4 is 5.73 Å². The first-order valence-electron chi connectivity index (χ1n) is 6.31. The summed E-state index contributed by atoms with van der Waals surface area (Å²) in [5.41, 5.74) is 6.62. The molecule has 0 aromatic rings. The van der Waals surface area contributed by atoms with E-state index in [9.17, 15) is 0 Å². The molecule has 1 atom stereocenters. The Bertz CT molecular complexity index is 157. The summed E-state index contributed by atoms with van der Waals surface area (Å²) in [7, 11) is 0. The third kappa shape index (κ3) is 4.00. The minimum absolute atomic E-state index is 0.187. The van der Waals surface area contributed by atoms with Crippen molar-refractivity contribution in [1.29, 1.82) is 0 Å². The standard InChI is InChI=1S/C13H27N/c1-11(2)9-12(3)10-13(14)7-5-4-6-8-13/h11-12H,4-10,14H2,1-3H3. The fourth-order valence-electron chi connectivity index (χ4n) is 3.04. The van der Waals surface area contributed by atoms with Gasteiger partial charge in [0.2, 0.25) is 0 Å². The van der Waals surface area contributed by atoms with Gasteiger partial charge < -0.3 is 5.73 Å². The van der Waals surface area contributed by atoms with Gasteiger partial charge in [-0.1, -0.05) is 40.0 Å². The van der Waals surface area contributed by atoms with Crippen LogP contribution in [0.1, 0.15) is 65.7 Å². The average Bonchev–Trinajstić information content (AvgIpc) is 2.02. The summed E-state index contributed by atoms with van der Waals surface area (Å²) in [6.07, 6.45) is 9.20. The van der Waals surface area contributed by atoms with Gasteiger partial charge in [-0.25, -0.2) is 0 Å². The second-order valence-corrected chi connectivity index (χ2v) is 5.86. The van der Waals surface area contributed by atoms with Crippen LogP contribution in [-0.4, -0.2) is 5.54 Å². The van der Waals surface area contributed by atoms with Gasteiger partial charge in [-0.2, -0.15) is 0 Å². The molecule has 1 fully saturated rings. The average molecular weight is 197 g/mol. The molecule has 0 bridgehead atoms. The van der Waals surface area contributed by atoms with Crippen LogP contribution in [0, 0.1) is 11.8 Å². The Kier molecular flexibility index (Phi) is 4.43. The lowest BCUT2D eigenvalue weighted by Crippen LogP contribution is -2.43. The number of nitrogens with two attached hydrogens (primary N) is 1. The van der Waals surface area contributed by atoms with E-state index < -0.39 is 0 Å². The van der Waals surface area contributed by atoms with Crippen LogP contribution in [0.3, 0.4) is 0 Å². The molecule has 1 rings (SSSR count). The lowest BCUT2D eigenvalue weighted by molar-refractivity contribution is 0.229. The minimum atomic E-state index is 0.187. The van der Waals surface area contributed by atoms with Crippen LogP contribution in [0.25, 0.3) is 0 Å². The zero-order valence-corrected chi connectivity index (χ0v) is 10.2. The van der Waals surface area contributed by atoms with E-state index in [1.54, 1.807) is 0 Å². The van der Waals surface area contributed by atoms with Gasteiger partial charge in [-0.05, 0) is 37.5 Å². The zero-order chi connectivity index (χ0) is 10.6. The molecule has 0 heterocycles. The van der Waals surface area contributed by atoms with Crippen LogP contribution in [0.5, 0.6) is 0 Å². The Morgan fingerprint density at radius 2 is 1.64 bits per heavy atom. The van der Waals surface area contributed by atoms with Crippen LogP contribution in [0.4, 0.5) is 0 Å². The van der Waals surface area contributed by atoms with Gasteiger partial charge in [0.15, 0.2) is 0 Å². The van der Waals surface area contributed by atoms with E-state index in [1.165, 1.54) is 44.9 Å². The van der Waals surface area contributed by atoms with Gasteiger partial charge in [0.1, 0.15) is 0 Å². The van der Waals surface area contributed by atoms with E-state index in [-0.39, 0.29) is 5.54 Å². The molecule has 1 heteroatoms. The van der Waals surface area contributed by atoms with Crippen molar-refractivity contribution in [2.24, 2.45) is 17.6 Å². The predicted octanol–water partition coefficient (Wildman–Crippen LogP) is 3.72. The molecule has 2 N–H and O–H groups in total. The quantitative estimate of drug-likeness (QED) is 0.730. The van der Waals surface area contributed by atoms with Crippen LogP contribution in [-0.2, 0) is 0 Å². The van der Waals surface area contributed by atoms with Gasteiger partial charge in [0.25, 0.3) is 0 Å². The number of hydrogen-bond acceptors (Lipinski definition) is 1. The monoisotopic (exact) mass is 197 g/mol. The summed E-state index contributed by atoms with van der Waals surface area (Å²) in [4.78, 5) is 0. The first-order chi connectivity index (χ1) is 6.52. The highest BCUT2D eigenvalue weighted by Crippen LogP contribution is 2.32. The molecule has 1 aliphatic rings. The fourth-order valence-corrected chi connectivity index (χ4v) is 3.04. The molecule has 1 saturated carbocycles. The maximum atomic E-state index is 6.44. The summed E-state index contributed by atoms with van der Waals surface area (Å²) in [6, 6.07) is 0. The minimum Gasteiger partial charge on any atom is -0.325 e. The Labute approximate surface area is 89.5 Å². The van der Waals surface area contributed by atoms with Crippen molar-refractivity contribution in [3.63, 3.8) is 0 Å². The summed E-state index contributed by atoms with van der Waals surface area (Å²) in [5, 5.41) is 0. The summed E-state index contributed by atoms with van der Waals surface area (Å²) in [5.74, 6) is 1.62. The molecular formula is C13H27N. The molecule has 1 aliphatic carbocycles. The summed E-state index contributed by atoms with van der Waals surface area (Å²) >= 11 is 0. The molecule has 1 unspecified atom stereocenters. The smallest absolute Gasteiger partial charge is 0.0156 e. The highest BCUT2D eigenvalue weighted by Gasteiger charge is 2.28. The van der Waals surface area contributed by atoms with Gasteiger partial charge in [-0.3, -0.25) is 0 Å². The van der Waals surface area contributed by atoms with Gasteiger partial charge >= 0.3 is 0 Å². The highest BCUT2D eigenvalue weighted by atomic mass is 14.7. The molecule has 0 aromatic carbocycles. The molecule has 1 nitrogen and oxygen atoms in total. The van der Waals surface area contributed by atoms with E-state index in [1.807, 2.05) is 0 Å². The second kappa shape index (κ2) is 5.16. The molecule has 0 aliphatic heterocycles. The van der Waals surface area contributed by atoms with Crippen molar-refractivity contribution in [1.82, 2.24) is 0 Å². The first-order valence-corrected chi connectivity index (χ1v) is 6.31. The Morgan fingerprint density at radius 1 is 1.07 bits per heavy atom. The fraction of sp³-hybridized carbons (Fsp3) is 1.00. The third-order valence-corrected chi connectivity index (χ3v) is 3.48. The third-order valence-electron chi connectivity index (χ3n) is 3.48. The van der Waals surface area contributed by atoms with Gasteiger partial charge in [0.05, 0.1) is 0 Å². The zero-order valence-electron chi connectivity index (χ0n) is 10.2. The molecule has 0 radical (unpaired) electrons. The van der Waals surface area contributed by atoms with Crippen LogP contribution >= 0.6 is 0 Å². The first kappa shape index (κ1) is 12.0.